The first-order valence-corrected chi connectivity index (χ1v) is 10.3. The van der Waals surface area contributed by atoms with Crippen LogP contribution < -0.4 is 5.56 Å². The molecule has 0 N–H and O–H groups in total. The Morgan fingerprint density at radius 2 is 2.28 bits per heavy atom. The second kappa shape index (κ2) is 6.61. The number of esters is 1. The second-order valence-electron chi connectivity index (χ2n) is 6.69. The summed E-state index contributed by atoms with van der Waals surface area (Å²) in [6, 6.07) is 0. The molecule has 1 fully saturated rings. The van der Waals surface area contributed by atoms with Crippen LogP contribution in [0, 0.1) is 5.92 Å². The maximum atomic E-state index is 13.2. The van der Waals surface area contributed by atoms with Crippen molar-refractivity contribution in [2.24, 2.45) is 5.92 Å². The Balaban J connectivity index is 1.85. The largest absolute Gasteiger partial charge is 0.465 e. The van der Waals surface area contributed by atoms with Crippen LogP contribution in [0.15, 0.2) is 22.6 Å². The lowest BCUT2D eigenvalue weighted by molar-refractivity contribution is -0.137. The van der Waals surface area contributed by atoms with E-state index in [9.17, 15) is 9.59 Å². The van der Waals surface area contributed by atoms with Crippen molar-refractivity contribution in [3.8, 4) is 0 Å². The summed E-state index contributed by atoms with van der Waals surface area (Å²) in [5, 5.41) is 1.08. The van der Waals surface area contributed by atoms with Gasteiger partial charge in [0.1, 0.15) is 10.1 Å². The van der Waals surface area contributed by atoms with Gasteiger partial charge in [-0.25, -0.2) is 4.98 Å². The number of carbonyl (C=O) groups excluding carboxylic acids is 1. The van der Waals surface area contributed by atoms with Gasteiger partial charge >= 0.3 is 5.97 Å². The average Bonchev–Trinajstić information content (AvgIpc) is 3.14. The van der Waals surface area contributed by atoms with E-state index in [1.807, 2.05) is 0 Å². The Labute approximate surface area is 154 Å². The highest BCUT2D eigenvalue weighted by Crippen LogP contribution is 2.37. The van der Waals surface area contributed by atoms with E-state index in [0.717, 1.165) is 29.5 Å². The minimum Gasteiger partial charge on any atom is -0.465 e. The van der Waals surface area contributed by atoms with Gasteiger partial charge in [-0.2, -0.15) is 0 Å². The fourth-order valence-corrected chi connectivity index (χ4v) is 5.99. The van der Waals surface area contributed by atoms with Gasteiger partial charge in [0.15, 0.2) is 5.16 Å². The maximum absolute atomic E-state index is 13.2. The van der Waals surface area contributed by atoms with Crippen LogP contribution in [-0.2, 0) is 28.9 Å². The van der Waals surface area contributed by atoms with Crippen LogP contribution in [-0.4, -0.2) is 27.4 Å². The zero-order valence-electron chi connectivity index (χ0n) is 14.1. The smallest absolute Gasteiger partial charge is 0.319 e. The standard InChI is InChI=1S/C18H20N2O3S2/c1-3-7-20-16(21)14-11-5-4-10(2)9-13(11)24-15(14)19-18(20)25-12-6-8-23-17(12)22/h3,10,12H,1,4-9H2,2H3. The normalized spacial score (nSPS) is 22.8. The third kappa shape index (κ3) is 2.93. The van der Waals surface area contributed by atoms with Gasteiger partial charge in [-0.15, -0.1) is 17.9 Å². The van der Waals surface area contributed by atoms with Crippen LogP contribution in [0.5, 0.6) is 0 Å². The number of carbonyl (C=O) groups is 1. The lowest BCUT2D eigenvalue weighted by Gasteiger charge is -2.17. The molecule has 1 saturated heterocycles. The molecule has 0 radical (unpaired) electrons. The molecule has 2 aromatic rings. The van der Waals surface area contributed by atoms with Gasteiger partial charge in [-0.3, -0.25) is 14.2 Å². The van der Waals surface area contributed by atoms with Gasteiger partial charge in [0.25, 0.3) is 5.56 Å². The van der Waals surface area contributed by atoms with Gasteiger partial charge < -0.3 is 4.74 Å². The number of thioether (sulfide) groups is 1. The first kappa shape index (κ1) is 16.8. The Morgan fingerprint density at radius 1 is 1.44 bits per heavy atom. The van der Waals surface area contributed by atoms with Crippen LogP contribution in [0.4, 0.5) is 0 Å². The van der Waals surface area contributed by atoms with Crippen molar-refractivity contribution in [2.75, 3.05) is 6.61 Å². The topological polar surface area (TPSA) is 61.2 Å². The number of allylic oxidation sites excluding steroid dienone is 1. The summed E-state index contributed by atoms with van der Waals surface area (Å²) >= 11 is 2.98. The van der Waals surface area contributed by atoms with Gasteiger partial charge in [0.2, 0.25) is 0 Å². The number of thiophene rings is 1. The highest BCUT2D eigenvalue weighted by atomic mass is 32.2. The van der Waals surface area contributed by atoms with E-state index in [1.165, 1.54) is 22.2 Å². The number of aryl methyl sites for hydroxylation is 1. The third-order valence-electron chi connectivity index (χ3n) is 4.83. The summed E-state index contributed by atoms with van der Waals surface area (Å²) in [6.45, 7) is 6.85. The fourth-order valence-electron chi connectivity index (χ4n) is 3.50. The van der Waals surface area contributed by atoms with Gasteiger partial charge in [0, 0.05) is 17.8 Å². The molecule has 2 aromatic heterocycles. The molecule has 1 aliphatic heterocycles. The molecule has 3 heterocycles. The number of rotatable bonds is 4. The number of nitrogens with zero attached hydrogens (tertiary/aromatic N) is 2. The molecule has 0 amide bonds. The van der Waals surface area contributed by atoms with Crippen LogP contribution in [0.2, 0.25) is 0 Å². The molecule has 0 bridgehead atoms. The number of ether oxygens (including phenoxy) is 1. The van der Waals surface area contributed by atoms with Gasteiger partial charge in [0.05, 0.1) is 12.0 Å². The average molecular weight is 377 g/mol. The molecule has 0 saturated carbocycles. The van der Waals surface area contributed by atoms with Crippen molar-refractivity contribution < 1.29 is 9.53 Å². The van der Waals surface area contributed by atoms with Crippen molar-refractivity contribution in [2.45, 2.75) is 49.6 Å². The summed E-state index contributed by atoms with van der Waals surface area (Å²) in [5.41, 5.74) is 1.18. The fraction of sp³-hybridized carbons (Fsp3) is 0.500. The molecule has 5 nitrogen and oxygen atoms in total. The molecule has 2 aliphatic rings. The molecule has 25 heavy (non-hydrogen) atoms. The van der Waals surface area contributed by atoms with Crippen LogP contribution in [0.1, 0.15) is 30.2 Å². The first-order valence-electron chi connectivity index (χ1n) is 8.57. The maximum Gasteiger partial charge on any atom is 0.319 e. The summed E-state index contributed by atoms with van der Waals surface area (Å²) < 4.78 is 6.69. The third-order valence-corrected chi connectivity index (χ3v) is 7.21. The molecular formula is C18H20N2O3S2. The Hall–Kier alpha value is -1.60. The number of fused-ring (bicyclic) bond motifs is 3. The van der Waals surface area contributed by atoms with E-state index in [0.29, 0.717) is 30.6 Å². The number of cyclic esters (lactones) is 1. The van der Waals surface area contributed by atoms with Crippen molar-refractivity contribution >= 4 is 39.3 Å². The van der Waals surface area contributed by atoms with Crippen LogP contribution in [0.3, 0.4) is 0 Å². The Morgan fingerprint density at radius 3 is 3.00 bits per heavy atom. The molecule has 4 rings (SSSR count). The first-order chi connectivity index (χ1) is 12.1. The molecule has 0 spiro atoms. The number of hydrogen-bond donors (Lipinski definition) is 0. The summed E-state index contributed by atoms with van der Waals surface area (Å²) in [6.07, 6.45) is 5.44. The van der Waals surface area contributed by atoms with Gasteiger partial charge in [-0.05, 0) is 30.7 Å². The predicted molar refractivity (Wildman–Crippen MR) is 100 cm³/mol. The van der Waals surface area contributed by atoms with E-state index in [2.05, 4.69) is 13.5 Å². The van der Waals surface area contributed by atoms with E-state index in [-0.39, 0.29) is 16.8 Å². The number of hydrogen-bond acceptors (Lipinski definition) is 6. The highest BCUT2D eigenvalue weighted by molar-refractivity contribution is 8.00. The molecule has 1 aliphatic carbocycles. The van der Waals surface area contributed by atoms with E-state index in [4.69, 9.17) is 9.72 Å². The van der Waals surface area contributed by atoms with Crippen LogP contribution >= 0.6 is 23.1 Å². The van der Waals surface area contributed by atoms with Gasteiger partial charge in [-0.1, -0.05) is 24.8 Å². The van der Waals surface area contributed by atoms with Crippen molar-refractivity contribution in [1.29, 1.82) is 0 Å². The Bertz CT molecular complexity index is 915. The zero-order chi connectivity index (χ0) is 17.6. The lowest BCUT2D eigenvalue weighted by Crippen LogP contribution is -2.24. The summed E-state index contributed by atoms with van der Waals surface area (Å²) in [5.74, 6) is 0.432. The SMILES string of the molecule is C=CCn1c(SC2CCOC2=O)nc2sc3c(c2c1=O)CCC(C)C3. The minimum absolute atomic E-state index is 0.00850. The molecule has 7 heteroatoms. The highest BCUT2D eigenvalue weighted by Gasteiger charge is 2.30. The summed E-state index contributed by atoms with van der Waals surface area (Å²) in [7, 11) is 0. The quantitative estimate of drug-likeness (QED) is 0.466. The van der Waals surface area contributed by atoms with Crippen molar-refractivity contribution in [1.82, 2.24) is 9.55 Å². The second-order valence-corrected chi connectivity index (χ2v) is 8.95. The molecule has 0 aromatic carbocycles. The molecule has 132 valence electrons. The van der Waals surface area contributed by atoms with Crippen LogP contribution in [0.25, 0.3) is 10.2 Å². The lowest BCUT2D eigenvalue weighted by atomic mass is 9.89. The van der Waals surface area contributed by atoms with Crippen molar-refractivity contribution in [3.05, 3.63) is 33.4 Å². The Kier molecular flexibility index (Phi) is 4.45. The minimum atomic E-state index is -0.282. The molecule has 2 atom stereocenters. The molecular weight excluding hydrogens is 356 g/mol. The predicted octanol–water partition coefficient (Wildman–Crippen LogP) is 3.18. The van der Waals surface area contributed by atoms with Crippen molar-refractivity contribution in [3.63, 3.8) is 0 Å². The van der Waals surface area contributed by atoms with E-state index < -0.39 is 0 Å². The van der Waals surface area contributed by atoms with E-state index >= 15 is 0 Å². The summed E-state index contributed by atoms with van der Waals surface area (Å²) in [4.78, 5) is 31.8. The number of aromatic nitrogens is 2. The zero-order valence-corrected chi connectivity index (χ0v) is 15.8. The van der Waals surface area contributed by atoms with E-state index in [1.54, 1.807) is 22.0 Å². The molecule has 2 unspecified atom stereocenters. The monoisotopic (exact) mass is 376 g/mol.